The van der Waals surface area contributed by atoms with Crippen molar-refractivity contribution in [3.8, 4) is 11.1 Å². The van der Waals surface area contributed by atoms with Gasteiger partial charge in [0.2, 0.25) is 0 Å². The lowest BCUT2D eigenvalue weighted by molar-refractivity contribution is -0.233. The number of nitrogens with zero attached hydrogens (tertiary/aromatic N) is 4. The Balaban J connectivity index is 1.64. The maximum atomic E-state index is 14.7. The summed E-state index contributed by atoms with van der Waals surface area (Å²) in [7, 11) is 0. The van der Waals surface area contributed by atoms with Gasteiger partial charge in [0, 0.05) is 35.8 Å². The topological polar surface area (TPSA) is 80.2 Å². The van der Waals surface area contributed by atoms with Gasteiger partial charge < -0.3 is 15.0 Å². The molecule has 0 bridgehead atoms. The van der Waals surface area contributed by atoms with Crippen LogP contribution in [-0.4, -0.2) is 57.9 Å². The molecule has 1 aromatic carbocycles. The number of ether oxygens (including phenoxy) is 1. The second-order valence-electron chi connectivity index (χ2n) is 8.10. The van der Waals surface area contributed by atoms with Crippen molar-refractivity contribution < 1.29 is 27.1 Å². The summed E-state index contributed by atoms with van der Waals surface area (Å²) in [4.78, 5) is 26.9. The smallest absolute Gasteiger partial charge is 0.365 e. The summed E-state index contributed by atoms with van der Waals surface area (Å²) in [6.07, 6.45) is -4.32. The molecule has 0 aliphatic carbocycles. The molecule has 1 fully saturated rings. The van der Waals surface area contributed by atoms with Gasteiger partial charge in [0.15, 0.2) is 11.8 Å². The molecule has 180 valence electrons. The lowest BCUT2D eigenvalue weighted by Crippen LogP contribution is -2.52. The number of nitrogens with one attached hydrogen (secondary N) is 1. The van der Waals surface area contributed by atoms with Crippen LogP contribution in [0.5, 0.6) is 0 Å². The molecule has 1 N–H and O–H groups in total. The van der Waals surface area contributed by atoms with Gasteiger partial charge in [-0.1, -0.05) is 6.92 Å². The quantitative estimate of drug-likeness (QED) is 0.548. The molecule has 2 aromatic heterocycles. The molecule has 0 unspecified atom stereocenters. The monoisotopic (exact) mass is 477 g/mol. The second kappa shape index (κ2) is 9.13. The highest BCUT2D eigenvalue weighted by atomic mass is 19.4. The van der Waals surface area contributed by atoms with E-state index in [9.17, 15) is 22.4 Å². The molecular weight excluding hydrogens is 454 g/mol. The van der Waals surface area contributed by atoms with Crippen LogP contribution in [0.2, 0.25) is 0 Å². The molecule has 3 heterocycles. The van der Waals surface area contributed by atoms with Gasteiger partial charge in [0.1, 0.15) is 11.6 Å². The zero-order valence-corrected chi connectivity index (χ0v) is 18.8. The largest absolute Gasteiger partial charge is 0.416 e. The number of rotatable bonds is 3. The molecular formula is C23H23F4N5O2. The van der Waals surface area contributed by atoms with Crippen molar-refractivity contribution in [3.05, 3.63) is 47.3 Å². The number of fused-ring (bicyclic) bond motifs is 1. The van der Waals surface area contributed by atoms with Crippen LogP contribution >= 0.6 is 0 Å². The lowest BCUT2D eigenvalue weighted by Gasteiger charge is -2.33. The number of alkyl halides is 3. The minimum atomic E-state index is -4.59. The fraction of sp³-hybridized carbons (Fsp3) is 0.391. The van der Waals surface area contributed by atoms with Gasteiger partial charge in [-0.05, 0) is 43.2 Å². The first-order chi connectivity index (χ1) is 16.1. The maximum absolute atomic E-state index is 14.7. The predicted molar refractivity (Wildman–Crippen MR) is 118 cm³/mol. The SMILES string of the molecule is CCc1ncc2cc(-c3cc(NC(=O)N4CCO[C@@H](C(F)(F)F)C4)c(F)cc3C)c(C)nc2n1. The fourth-order valence-corrected chi connectivity index (χ4v) is 3.82. The molecule has 0 spiro atoms. The Morgan fingerprint density at radius 1 is 1.21 bits per heavy atom. The molecule has 2 amide bonds. The minimum absolute atomic E-state index is 0.0355. The maximum Gasteiger partial charge on any atom is 0.416 e. The highest BCUT2D eigenvalue weighted by Gasteiger charge is 2.44. The standard InChI is InChI=1S/C23H23F4N5O2/c1-4-20-28-10-14-8-16(13(3)29-21(14)31-20)15-9-18(17(24)7-12(15)2)30-22(33)32-5-6-34-19(11-32)23(25,26)27/h7-10,19H,4-6,11H2,1-3H3,(H,30,33)/t19-/m1/s1. The number of carbonyl (C=O) groups excluding carboxylic acids is 1. The number of morpholine rings is 1. The number of hydrogen-bond donors (Lipinski definition) is 1. The molecule has 0 saturated carbocycles. The van der Waals surface area contributed by atoms with Crippen molar-refractivity contribution in [2.24, 2.45) is 0 Å². The Morgan fingerprint density at radius 2 is 1.97 bits per heavy atom. The number of hydrogen-bond acceptors (Lipinski definition) is 5. The Bertz CT molecular complexity index is 1250. The van der Waals surface area contributed by atoms with Gasteiger partial charge in [-0.15, -0.1) is 0 Å². The summed E-state index contributed by atoms with van der Waals surface area (Å²) in [5, 5.41) is 3.11. The Hall–Kier alpha value is -3.34. The van der Waals surface area contributed by atoms with Gasteiger partial charge in [0.05, 0.1) is 18.8 Å². The van der Waals surface area contributed by atoms with E-state index in [0.29, 0.717) is 45.7 Å². The van der Waals surface area contributed by atoms with E-state index >= 15 is 0 Å². The van der Waals surface area contributed by atoms with Crippen molar-refractivity contribution >= 4 is 22.8 Å². The Kier molecular flexibility index (Phi) is 6.39. The van der Waals surface area contributed by atoms with E-state index in [1.807, 2.05) is 13.0 Å². The third kappa shape index (κ3) is 4.79. The second-order valence-corrected chi connectivity index (χ2v) is 8.10. The van der Waals surface area contributed by atoms with Crippen LogP contribution in [0.3, 0.4) is 0 Å². The summed E-state index contributed by atoms with van der Waals surface area (Å²) in [6.45, 7) is 4.51. The number of benzene rings is 1. The van der Waals surface area contributed by atoms with E-state index in [4.69, 9.17) is 4.74 Å². The first-order valence-corrected chi connectivity index (χ1v) is 10.7. The first-order valence-electron chi connectivity index (χ1n) is 10.7. The van der Waals surface area contributed by atoms with Crippen molar-refractivity contribution in [1.82, 2.24) is 19.9 Å². The Morgan fingerprint density at radius 3 is 2.68 bits per heavy atom. The number of amides is 2. The van der Waals surface area contributed by atoms with E-state index in [0.717, 1.165) is 4.90 Å². The zero-order chi connectivity index (χ0) is 24.6. The summed E-state index contributed by atoms with van der Waals surface area (Å²) < 4.78 is 58.4. The molecule has 4 rings (SSSR count). The number of aryl methyl sites for hydroxylation is 3. The van der Waals surface area contributed by atoms with E-state index in [-0.39, 0.29) is 18.8 Å². The molecule has 11 heteroatoms. The molecule has 0 radical (unpaired) electrons. The molecule has 1 atom stereocenters. The highest BCUT2D eigenvalue weighted by Crippen LogP contribution is 2.32. The lowest BCUT2D eigenvalue weighted by atomic mass is 9.97. The van der Waals surface area contributed by atoms with E-state index in [1.54, 1.807) is 20.0 Å². The van der Waals surface area contributed by atoms with E-state index in [1.165, 1.54) is 12.1 Å². The highest BCUT2D eigenvalue weighted by molar-refractivity contribution is 5.91. The van der Waals surface area contributed by atoms with Crippen LogP contribution in [-0.2, 0) is 11.2 Å². The van der Waals surface area contributed by atoms with Gasteiger partial charge in [-0.25, -0.2) is 24.1 Å². The molecule has 7 nitrogen and oxygen atoms in total. The van der Waals surface area contributed by atoms with E-state index < -0.39 is 30.7 Å². The van der Waals surface area contributed by atoms with Gasteiger partial charge in [0.25, 0.3) is 0 Å². The van der Waals surface area contributed by atoms with Gasteiger partial charge >= 0.3 is 12.2 Å². The van der Waals surface area contributed by atoms with Crippen LogP contribution in [0, 0.1) is 19.7 Å². The van der Waals surface area contributed by atoms with Crippen LogP contribution in [0.25, 0.3) is 22.2 Å². The molecule has 1 aliphatic rings. The molecule has 1 saturated heterocycles. The van der Waals surface area contributed by atoms with Crippen LogP contribution in [0.4, 0.5) is 28.0 Å². The van der Waals surface area contributed by atoms with Crippen LogP contribution < -0.4 is 5.32 Å². The number of aromatic nitrogens is 3. The zero-order valence-electron chi connectivity index (χ0n) is 18.8. The fourth-order valence-electron chi connectivity index (χ4n) is 3.82. The van der Waals surface area contributed by atoms with Crippen molar-refractivity contribution in [2.45, 2.75) is 39.5 Å². The van der Waals surface area contributed by atoms with E-state index in [2.05, 4.69) is 20.3 Å². The van der Waals surface area contributed by atoms with Crippen molar-refractivity contribution in [3.63, 3.8) is 0 Å². The normalized spacial score (nSPS) is 16.7. The molecule has 3 aromatic rings. The van der Waals surface area contributed by atoms with Crippen molar-refractivity contribution in [1.29, 1.82) is 0 Å². The van der Waals surface area contributed by atoms with Crippen molar-refractivity contribution in [2.75, 3.05) is 25.0 Å². The van der Waals surface area contributed by atoms with Crippen LogP contribution in [0.15, 0.2) is 24.4 Å². The number of halogens is 4. The third-order valence-corrected chi connectivity index (χ3v) is 5.69. The van der Waals surface area contributed by atoms with Gasteiger partial charge in [-0.3, -0.25) is 0 Å². The van der Waals surface area contributed by atoms with Crippen LogP contribution in [0.1, 0.15) is 24.0 Å². The first kappa shape index (κ1) is 23.8. The summed E-state index contributed by atoms with van der Waals surface area (Å²) in [5.41, 5.74) is 3.00. The third-order valence-electron chi connectivity index (χ3n) is 5.69. The summed E-state index contributed by atoms with van der Waals surface area (Å²) in [5.74, 6) is -0.0245. The number of urea groups is 1. The molecule has 34 heavy (non-hydrogen) atoms. The predicted octanol–water partition coefficient (Wildman–Crippen LogP) is 4.81. The average molecular weight is 477 g/mol. The number of anilines is 1. The Labute approximate surface area is 193 Å². The summed E-state index contributed by atoms with van der Waals surface area (Å²) >= 11 is 0. The number of pyridine rings is 1. The number of carbonyl (C=O) groups is 1. The summed E-state index contributed by atoms with van der Waals surface area (Å²) in [6, 6.07) is 3.74. The minimum Gasteiger partial charge on any atom is -0.365 e. The average Bonchev–Trinajstić information content (AvgIpc) is 2.79. The van der Waals surface area contributed by atoms with Gasteiger partial charge in [-0.2, -0.15) is 13.2 Å². The molecule has 1 aliphatic heterocycles.